The number of hydrogen-bond donors (Lipinski definition) is 1. The van der Waals surface area contributed by atoms with E-state index in [1.807, 2.05) is 18.0 Å². The van der Waals surface area contributed by atoms with Crippen molar-refractivity contribution in [2.75, 3.05) is 13.1 Å². The topological polar surface area (TPSA) is 88.3 Å². The van der Waals surface area contributed by atoms with E-state index in [1.54, 1.807) is 16.8 Å². The molecular formula is C16H20N4O3. The van der Waals surface area contributed by atoms with E-state index < -0.39 is 5.97 Å². The second-order valence-electron chi connectivity index (χ2n) is 6.11. The Hall–Kier alpha value is -2.44. The number of hydrogen-bond acceptors (Lipinski definition) is 4. The standard InChI is InChI=1S/C16H20N4O3/c1-19-14-6-5-12(9-13(14)17-18-19)16(23)20-8-2-3-11(10-20)4-7-15(21)22/h5-6,9,11H,2-4,7-8,10H2,1H3,(H,21,22). The van der Waals surface area contributed by atoms with Crippen LogP contribution in [0, 0.1) is 5.92 Å². The van der Waals surface area contributed by atoms with Crippen LogP contribution in [0.25, 0.3) is 11.0 Å². The van der Waals surface area contributed by atoms with Gasteiger partial charge in [-0.3, -0.25) is 9.59 Å². The number of aliphatic carboxylic acids is 1. The molecule has 1 unspecified atom stereocenters. The lowest BCUT2D eigenvalue weighted by Crippen LogP contribution is -2.40. The molecule has 3 rings (SSSR count). The molecule has 0 aliphatic carbocycles. The lowest BCUT2D eigenvalue weighted by Gasteiger charge is -2.32. The average molecular weight is 316 g/mol. The zero-order valence-corrected chi connectivity index (χ0v) is 13.1. The van der Waals surface area contributed by atoms with Crippen LogP contribution in [-0.2, 0) is 11.8 Å². The van der Waals surface area contributed by atoms with Gasteiger partial charge in [-0.25, -0.2) is 4.68 Å². The highest BCUT2D eigenvalue weighted by Gasteiger charge is 2.25. The van der Waals surface area contributed by atoms with Gasteiger partial charge in [0.25, 0.3) is 5.91 Å². The molecule has 1 aliphatic rings. The Kier molecular flexibility index (Phi) is 4.27. The van der Waals surface area contributed by atoms with Crippen LogP contribution in [0.1, 0.15) is 36.0 Å². The normalized spacial score (nSPS) is 18.3. The molecule has 1 aromatic carbocycles. The van der Waals surface area contributed by atoms with Gasteiger partial charge in [0.2, 0.25) is 0 Å². The van der Waals surface area contributed by atoms with Crippen LogP contribution < -0.4 is 0 Å². The molecule has 0 radical (unpaired) electrons. The van der Waals surface area contributed by atoms with Crippen molar-refractivity contribution in [2.45, 2.75) is 25.7 Å². The number of fused-ring (bicyclic) bond motifs is 1. The van der Waals surface area contributed by atoms with Crippen LogP contribution in [0.15, 0.2) is 18.2 Å². The second-order valence-corrected chi connectivity index (χ2v) is 6.11. The van der Waals surface area contributed by atoms with Gasteiger partial charge in [-0.1, -0.05) is 5.21 Å². The largest absolute Gasteiger partial charge is 0.481 e. The van der Waals surface area contributed by atoms with Crippen molar-refractivity contribution >= 4 is 22.9 Å². The molecule has 1 atom stereocenters. The number of aromatic nitrogens is 3. The van der Waals surface area contributed by atoms with Crippen LogP contribution in [0.3, 0.4) is 0 Å². The number of amides is 1. The minimum atomic E-state index is -0.776. The summed E-state index contributed by atoms with van der Waals surface area (Å²) in [6, 6.07) is 5.43. The van der Waals surface area contributed by atoms with Crippen molar-refractivity contribution in [3.63, 3.8) is 0 Å². The first-order valence-electron chi connectivity index (χ1n) is 7.85. The predicted molar refractivity (Wildman–Crippen MR) is 84.0 cm³/mol. The van der Waals surface area contributed by atoms with Crippen molar-refractivity contribution < 1.29 is 14.7 Å². The van der Waals surface area contributed by atoms with Crippen molar-refractivity contribution in [1.82, 2.24) is 19.9 Å². The molecule has 1 amide bonds. The quantitative estimate of drug-likeness (QED) is 0.927. The molecule has 0 saturated carbocycles. The van der Waals surface area contributed by atoms with Crippen LogP contribution in [0.4, 0.5) is 0 Å². The Balaban J connectivity index is 1.71. The van der Waals surface area contributed by atoms with E-state index in [1.165, 1.54) is 0 Å². The average Bonchev–Trinajstić information content (AvgIpc) is 2.93. The first kappa shape index (κ1) is 15.5. The van der Waals surface area contributed by atoms with E-state index in [4.69, 9.17) is 5.11 Å². The van der Waals surface area contributed by atoms with Gasteiger partial charge in [0.1, 0.15) is 5.52 Å². The number of carbonyl (C=O) groups is 2. The smallest absolute Gasteiger partial charge is 0.303 e. The monoisotopic (exact) mass is 316 g/mol. The number of carboxylic acids is 1. The Morgan fingerprint density at radius 2 is 2.22 bits per heavy atom. The molecule has 7 nitrogen and oxygen atoms in total. The van der Waals surface area contributed by atoms with E-state index in [0.717, 1.165) is 24.9 Å². The molecule has 2 aromatic rings. The van der Waals surface area contributed by atoms with Crippen molar-refractivity contribution in [2.24, 2.45) is 13.0 Å². The molecule has 23 heavy (non-hydrogen) atoms. The SMILES string of the molecule is Cn1nnc2cc(C(=O)N3CCCC(CCC(=O)O)C3)ccc21. The molecule has 0 bridgehead atoms. The summed E-state index contributed by atoms with van der Waals surface area (Å²) in [6.45, 7) is 1.35. The third-order valence-electron chi connectivity index (χ3n) is 4.43. The Labute approximate surface area is 133 Å². The summed E-state index contributed by atoms with van der Waals surface area (Å²) in [4.78, 5) is 25.2. The number of aryl methyl sites for hydroxylation is 1. The zero-order chi connectivity index (χ0) is 16.4. The molecule has 2 heterocycles. The number of carboxylic acid groups (broad SMARTS) is 1. The fourth-order valence-corrected chi connectivity index (χ4v) is 3.17. The molecular weight excluding hydrogens is 296 g/mol. The lowest BCUT2D eigenvalue weighted by atomic mass is 9.93. The molecule has 1 saturated heterocycles. The van der Waals surface area contributed by atoms with E-state index in [2.05, 4.69) is 10.3 Å². The zero-order valence-electron chi connectivity index (χ0n) is 13.1. The molecule has 1 aromatic heterocycles. The minimum absolute atomic E-state index is 0.0161. The highest BCUT2D eigenvalue weighted by atomic mass is 16.4. The third kappa shape index (κ3) is 3.33. The van der Waals surface area contributed by atoms with Crippen LogP contribution >= 0.6 is 0 Å². The summed E-state index contributed by atoms with van der Waals surface area (Å²) in [5.74, 6) is -0.525. The summed E-state index contributed by atoms with van der Waals surface area (Å²) in [5, 5.41) is 16.8. The van der Waals surface area contributed by atoms with E-state index in [-0.39, 0.29) is 18.2 Å². The first-order valence-corrected chi connectivity index (χ1v) is 7.85. The Bertz CT molecular complexity index is 740. The van der Waals surface area contributed by atoms with Crippen LogP contribution in [0.5, 0.6) is 0 Å². The number of nitrogens with zero attached hydrogens (tertiary/aromatic N) is 4. The second kappa shape index (κ2) is 6.36. The van der Waals surface area contributed by atoms with E-state index in [0.29, 0.717) is 24.0 Å². The van der Waals surface area contributed by atoms with Gasteiger partial charge < -0.3 is 10.0 Å². The summed E-state index contributed by atoms with van der Waals surface area (Å²) < 4.78 is 1.67. The number of carbonyl (C=O) groups excluding carboxylic acids is 1. The summed E-state index contributed by atoms with van der Waals surface area (Å²) >= 11 is 0. The first-order chi connectivity index (χ1) is 11.0. The molecule has 7 heteroatoms. The maximum atomic E-state index is 12.7. The van der Waals surface area contributed by atoms with Gasteiger partial charge in [0.15, 0.2) is 0 Å². The molecule has 0 spiro atoms. The fraction of sp³-hybridized carbons (Fsp3) is 0.500. The fourth-order valence-electron chi connectivity index (χ4n) is 3.17. The molecule has 1 N–H and O–H groups in total. The summed E-state index contributed by atoms with van der Waals surface area (Å²) in [5.41, 5.74) is 2.20. The highest BCUT2D eigenvalue weighted by molar-refractivity contribution is 5.97. The molecule has 1 aliphatic heterocycles. The van der Waals surface area contributed by atoms with Gasteiger partial charge in [0.05, 0.1) is 5.52 Å². The van der Waals surface area contributed by atoms with Gasteiger partial charge >= 0.3 is 5.97 Å². The lowest BCUT2D eigenvalue weighted by molar-refractivity contribution is -0.137. The van der Waals surface area contributed by atoms with E-state index >= 15 is 0 Å². The van der Waals surface area contributed by atoms with Gasteiger partial charge in [-0.2, -0.15) is 0 Å². The molecule has 122 valence electrons. The maximum absolute atomic E-state index is 12.7. The third-order valence-corrected chi connectivity index (χ3v) is 4.43. The number of likely N-dealkylation sites (tertiary alicyclic amines) is 1. The Morgan fingerprint density at radius 3 is 3.00 bits per heavy atom. The van der Waals surface area contributed by atoms with Crippen molar-refractivity contribution in [1.29, 1.82) is 0 Å². The minimum Gasteiger partial charge on any atom is -0.481 e. The van der Waals surface area contributed by atoms with Crippen LogP contribution in [-0.4, -0.2) is 50.0 Å². The summed E-state index contributed by atoms with van der Waals surface area (Å²) in [7, 11) is 1.81. The maximum Gasteiger partial charge on any atom is 0.303 e. The van der Waals surface area contributed by atoms with Gasteiger partial charge in [-0.05, 0) is 43.4 Å². The number of piperidine rings is 1. The van der Waals surface area contributed by atoms with Gasteiger partial charge in [0, 0.05) is 32.1 Å². The van der Waals surface area contributed by atoms with Gasteiger partial charge in [-0.15, -0.1) is 5.10 Å². The Morgan fingerprint density at radius 1 is 1.39 bits per heavy atom. The highest BCUT2D eigenvalue weighted by Crippen LogP contribution is 2.23. The van der Waals surface area contributed by atoms with E-state index in [9.17, 15) is 9.59 Å². The molecule has 1 fully saturated rings. The van der Waals surface area contributed by atoms with Crippen molar-refractivity contribution in [3.05, 3.63) is 23.8 Å². The van der Waals surface area contributed by atoms with Crippen LogP contribution in [0.2, 0.25) is 0 Å². The predicted octanol–water partition coefficient (Wildman–Crippen LogP) is 1.69. The number of benzene rings is 1. The number of rotatable bonds is 4. The van der Waals surface area contributed by atoms with Crippen molar-refractivity contribution in [3.8, 4) is 0 Å². The summed E-state index contributed by atoms with van der Waals surface area (Å²) in [6.07, 6.45) is 2.70.